The number of halogens is 1. The quantitative estimate of drug-likeness (QED) is 0.629. The van der Waals surface area contributed by atoms with Crippen molar-refractivity contribution in [3.63, 3.8) is 0 Å². The number of pyridine rings is 1. The van der Waals surface area contributed by atoms with Gasteiger partial charge in [0.15, 0.2) is 9.84 Å². The maximum absolute atomic E-state index is 12.5. The van der Waals surface area contributed by atoms with Crippen molar-refractivity contribution in [3.8, 4) is 5.75 Å². The van der Waals surface area contributed by atoms with Crippen LogP contribution in [-0.4, -0.2) is 55.9 Å². The highest BCUT2D eigenvalue weighted by molar-refractivity contribution is 7.92. The van der Waals surface area contributed by atoms with Crippen LogP contribution in [0.2, 0.25) is 5.02 Å². The van der Waals surface area contributed by atoms with Crippen LogP contribution < -0.4 is 0 Å². The molecule has 2 aromatic rings. The Balaban J connectivity index is 1.61. The number of ether oxygens (including phenoxy) is 2. The Morgan fingerprint density at radius 1 is 1.35 bits per heavy atom. The molecule has 6 nitrogen and oxygen atoms in total. The smallest absolute Gasteiger partial charge is 0.163 e. The van der Waals surface area contributed by atoms with Gasteiger partial charge in [0.25, 0.3) is 0 Å². The summed E-state index contributed by atoms with van der Waals surface area (Å²) in [5.41, 5.74) is 4.22. The number of aromatic nitrogens is 1. The van der Waals surface area contributed by atoms with Gasteiger partial charge in [-0.1, -0.05) is 17.7 Å². The molecule has 1 N–H and O–H groups in total. The van der Waals surface area contributed by atoms with Gasteiger partial charge in [0.05, 0.1) is 35.8 Å². The number of fused-ring (bicyclic) bond motifs is 1. The average molecular weight is 462 g/mol. The zero-order valence-electron chi connectivity index (χ0n) is 17.1. The van der Waals surface area contributed by atoms with Crippen LogP contribution >= 0.6 is 11.6 Å². The molecule has 3 heterocycles. The van der Waals surface area contributed by atoms with Crippen molar-refractivity contribution in [3.05, 3.63) is 70.0 Å². The monoisotopic (exact) mass is 461 g/mol. The lowest BCUT2D eigenvalue weighted by Gasteiger charge is -2.15. The maximum Gasteiger partial charge on any atom is 0.163 e. The first-order valence-electron chi connectivity index (χ1n) is 10.0. The molecule has 0 amide bonds. The summed E-state index contributed by atoms with van der Waals surface area (Å²) in [6, 6.07) is 10.5. The highest BCUT2D eigenvalue weighted by atomic mass is 35.5. The van der Waals surface area contributed by atoms with E-state index in [4.69, 9.17) is 21.1 Å². The molecule has 0 unspecified atom stereocenters. The third-order valence-corrected chi connectivity index (χ3v) is 8.00. The van der Waals surface area contributed by atoms with E-state index >= 15 is 0 Å². The van der Waals surface area contributed by atoms with Gasteiger partial charge in [-0.3, -0.25) is 4.98 Å². The summed E-state index contributed by atoms with van der Waals surface area (Å²) in [6.07, 6.45) is 4.65. The van der Waals surface area contributed by atoms with Gasteiger partial charge in [-0.25, -0.2) is 8.42 Å². The first-order valence-corrected chi connectivity index (χ1v) is 12.1. The van der Waals surface area contributed by atoms with Crippen molar-refractivity contribution in [2.24, 2.45) is 0 Å². The van der Waals surface area contributed by atoms with E-state index in [-0.39, 0.29) is 24.2 Å². The van der Waals surface area contributed by atoms with E-state index in [1.807, 2.05) is 24.3 Å². The van der Waals surface area contributed by atoms with Crippen LogP contribution in [0.3, 0.4) is 0 Å². The molecule has 1 aromatic heterocycles. The molecule has 1 saturated heterocycles. The molecule has 0 bridgehead atoms. The van der Waals surface area contributed by atoms with Crippen molar-refractivity contribution in [1.29, 1.82) is 0 Å². The van der Waals surface area contributed by atoms with Crippen molar-refractivity contribution >= 4 is 33.1 Å². The van der Waals surface area contributed by atoms with Crippen LogP contribution in [0.1, 0.15) is 24.1 Å². The fraction of sp³-hybridized carbons (Fsp3) is 0.348. The number of phenolic OH excluding ortho intramolecular Hbond substituents is 1. The van der Waals surface area contributed by atoms with Gasteiger partial charge in [-0.15, -0.1) is 0 Å². The average Bonchev–Trinajstić information content (AvgIpc) is 3.27. The number of hydrogen-bond acceptors (Lipinski definition) is 6. The number of allylic oxidation sites excluding steroid dienone is 1. The molecular formula is C23H24ClNO5S. The van der Waals surface area contributed by atoms with Crippen molar-refractivity contribution in [1.82, 2.24) is 4.98 Å². The number of aromatic hydroxyl groups is 1. The topological polar surface area (TPSA) is 85.7 Å². The van der Waals surface area contributed by atoms with Crippen LogP contribution in [-0.2, 0) is 19.3 Å². The number of hydrogen-bond donors (Lipinski definition) is 1. The summed E-state index contributed by atoms with van der Waals surface area (Å²) < 4.78 is 36.2. The molecule has 2 atom stereocenters. The lowest BCUT2D eigenvalue weighted by atomic mass is 9.95. The Morgan fingerprint density at radius 2 is 2.19 bits per heavy atom. The predicted octanol–water partition coefficient (Wildman–Crippen LogP) is 3.90. The summed E-state index contributed by atoms with van der Waals surface area (Å²) in [4.78, 5) is 4.47. The summed E-state index contributed by atoms with van der Waals surface area (Å²) >= 11 is 6.31. The number of nitrogens with zero attached hydrogens (tertiary/aromatic N) is 1. The third kappa shape index (κ3) is 4.70. The molecule has 1 aromatic carbocycles. The molecule has 4 rings (SSSR count). The predicted molar refractivity (Wildman–Crippen MR) is 121 cm³/mol. The number of rotatable bonds is 7. The summed E-state index contributed by atoms with van der Waals surface area (Å²) in [5.74, 6) is 0.152. The standard InChI is InChI=1S/C23H24ClNO5S/c1-29-12-17-14-31(27,28)22-13-30-21(23(17)22)8-6-16(20-4-2-3-9-25-20)10-15-5-7-18(26)11-19(15)24/h2-5,7,9-11,21-22,26H,6,8,12-14H2,1H3/b16-10-/t21-,22+/m1/s1. The zero-order valence-corrected chi connectivity index (χ0v) is 18.7. The minimum absolute atomic E-state index is 0.0484. The zero-order chi connectivity index (χ0) is 22.0. The number of sulfone groups is 1. The van der Waals surface area contributed by atoms with Crippen LogP contribution in [0.4, 0.5) is 0 Å². The molecule has 2 aliphatic rings. The summed E-state index contributed by atoms with van der Waals surface area (Å²) in [6.45, 7) is 0.499. The molecule has 8 heteroatoms. The van der Waals surface area contributed by atoms with Crippen molar-refractivity contribution in [2.45, 2.75) is 24.2 Å². The lowest BCUT2D eigenvalue weighted by molar-refractivity contribution is 0.118. The van der Waals surface area contributed by atoms with Crippen molar-refractivity contribution in [2.75, 3.05) is 26.1 Å². The molecule has 1 fully saturated rings. The van der Waals surface area contributed by atoms with E-state index in [0.717, 1.165) is 28.0 Å². The molecule has 164 valence electrons. The second kappa shape index (κ2) is 9.12. The largest absolute Gasteiger partial charge is 0.508 e. The molecule has 0 saturated carbocycles. The molecule has 2 aliphatic heterocycles. The molecule has 0 radical (unpaired) electrons. The highest BCUT2D eigenvalue weighted by Gasteiger charge is 2.46. The van der Waals surface area contributed by atoms with E-state index in [2.05, 4.69) is 4.98 Å². The van der Waals surface area contributed by atoms with E-state index in [1.54, 1.807) is 25.4 Å². The Bertz CT molecular complexity index is 1130. The van der Waals surface area contributed by atoms with Gasteiger partial charge in [0, 0.05) is 13.3 Å². The fourth-order valence-corrected chi connectivity index (χ4v) is 6.40. The number of methoxy groups -OCH3 is 1. The van der Waals surface area contributed by atoms with Gasteiger partial charge in [0.2, 0.25) is 0 Å². The Morgan fingerprint density at radius 3 is 2.90 bits per heavy atom. The normalized spacial score (nSPS) is 22.7. The Labute approximate surface area is 187 Å². The SMILES string of the molecule is COCC1=C2[C@@H](CC/C(=C/c3ccc(O)cc3Cl)c3ccccn3)OC[C@@H]2S(=O)(=O)C1. The first-order chi connectivity index (χ1) is 14.9. The van der Waals surface area contributed by atoms with Gasteiger partial charge in [-0.05, 0) is 71.5 Å². The second-order valence-corrected chi connectivity index (χ2v) is 10.3. The van der Waals surface area contributed by atoms with E-state index in [0.29, 0.717) is 24.5 Å². The first kappa shape index (κ1) is 22.0. The molecule has 31 heavy (non-hydrogen) atoms. The minimum Gasteiger partial charge on any atom is -0.508 e. The Kier molecular flexibility index (Phi) is 6.48. The van der Waals surface area contributed by atoms with Crippen molar-refractivity contribution < 1.29 is 23.0 Å². The van der Waals surface area contributed by atoms with Crippen LogP contribution in [0, 0.1) is 0 Å². The van der Waals surface area contributed by atoms with E-state index < -0.39 is 15.1 Å². The van der Waals surface area contributed by atoms with E-state index in [1.165, 1.54) is 6.07 Å². The molecular weight excluding hydrogens is 438 g/mol. The fourth-order valence-electron chi connectivity index (χ4n) is 4.24. The minimum atomic E-state index is -3.22. The third-order valence-electron chi connectivity index (χ3n) is 5.66. The number of benzene rings is 1. The van der Waals surface area contributed by atoms with Crippen LogP contribution in [0.15, 0.2) is 53.7 Å². The van der Waals surface area contributed by atoms with Gasteiger partial charge in [-0.2, -0.15) is 0 Å². The molecule has 0 aliphatic carbocycles. The second-order valence-electron chi connectivity index (χ2n) is 7.74. The highest BCUT2D eigenvalue weighted by Crippen LogP contribution is 2.39. The van der Waals surface area contributed by atoms with Crippen LogP contribution in [0.5, 0.6) is 5.75 Å². The summed E-state index contributed by atoms with van der Waals surface area (Å²) in [5, 5.41) is 9.52. The van der Waals surface area contributed by atoms with Gasteiger partial charge < -0.3 is 14.6 Å². The molecule has 0 spiro atoms. The summed E-state index contributed by atoms with van der Waals surface area (Å²) in [7, 11) is -1.65. The number of phenols is 1. The Hall–Kier alpha value is -2.19. The van der Waals surface area contributed by atoms with E-state index in [9.17, 15) is 13.5 Å². The van der Waals surface area contributed by atoms with Crippen LogP contribution in [0.25, 0.3) is 11.6 Å². The maximum atomic E-state index is 12.5. The lowest BCUT2D eigenvalue weighted by Crippen LogP contribution is -2.19. The van der Waals surface area contributed by atoms with Gasteiger partial charge >= 0.3 is 0 Å². The van der Waals surface area contributed by atoms with Gasteiger partial charge in [0.1, 0.15) is 11.0 Å².